The lowest BCUT2D eigenvalue weighted by atomic mass is 9.44. The van der Waals surface area contributed by atoms with Gasteiger partial charge in [-0.1, -0.05) is 19.9 Å². The zero-order chi connectivity index (χ0) is 18.7. The van der Waals surface area contributed by atoms with Crippen LogP contribution in [0, 0.1) is 34.5 Å². The Hall–Kier alpha value is -0.830. The van der Waals surface area contributed by atoms with Crippen LogP contribution in [-0.2, 0) is 9.53 Å². The molecule has 3 heteroatoms. The van der Waals surface area contributed by atoms with Gasteiger partial charge in [0, 0.05) is 12.3 Å². The maximum Gasteiger partial charge on any atom is 0.302 e. The van der Waals surface area contributed by atoms with Crippen LogP contribution < -0.4 is 0 Å². The van der Waals surface area contributed by atoms with Gasteiger partial charge >= 0.3 is 5.97 Å². The number of ether oxygens (including phenoxy) is 1. The molecule has 0 saturated heterocycles. The molecular weight excluding hydrogens is 324 g/mol. The van der Waals surface area contributed by atoms with Crippen LogP contribution in [0.1, 0.15) is 78.6 Å². The van der Waals surface area contributed by atoms with Crippen LogP contribution in [0.25, 0.3) is 0 Å². The zero-order valence-corrected chi connectivity index (χ0v) is 16.8. The molecule has 3 nitrogen and oxygen atoms in total. The highest BCUT2D eigenvalue weighted by molar-refractivity contribution is 5.66. The van der Waals surface area contributed by atoms with E-state index in [1.54, 1.807) is 0 Å². The van der Waals surface area contributed by atoms with Crippen molar-refractivity contribution in [1.29, 1.82) is 0 Å². The normalized spacial score (nSPS) is 53.2. The van der Waals surface area contributed by atoms with Crippen molar-refractivity contribution in [3.63, 3.8) is 0 Å². The van der Waals surface area contributed by atoms with Gasteiger partial charge in [0.1, 0.15) is 6.10 Å². The Morgan fingerprint density at radius 1 is 1.08 bits per heavy atom. The highest BCUT2D eigenvalue weighted by atomic mass is 16.5. The quantitative estimate of drug-likeness (QED) is 0.564. The fourth-order valence-electron chi connectivity index (χ4n) is 7.95. The smallest absolute Gasteiger partial charge is 0.302 e. The molecule has 0 aromatic carbocycles. The maximum atomic E-state index is 11.4. The van der Waals surface area contributed by atoms with Gasteiger partial charge in [0.15, 0.2) is 0 Å². The SMILES string of the molecule is C=C[C@@]1(O)CC[C@H]2[C@@H]3CC[C@@H]4C[C@@H](OC(C)=O)CC[C@]4(C)[C@H]3CC[C@@]21C. The summed E-state index contributed by atoms with van der Waals surface area (Å²) in [4.78, 5) is 11.4. The molecule has 4 fully saturated rings. The number of carbonyl (C=O) groups excluding carboxylic acids is 1. The summed E-state index contributed by atoms with van der Waals surface area (Å²) in [6.45, 7) is 10.4. The second-order valence-corrected chi connectivity index (χ2v) is 10.3. The van der Waals surface area contributed by atoms with Crippen molar-refractivity contribution in [2.75, 3.05) is 0 Å². The Morgan fingerprint density at radius 3 is 2.50 bits per heavy atom. The second kappa shape index (κ2) is 6.09. The monoisotopic (exact) mass is 360 g/mol. The van der Waals surface area contributed by atoms with Gasteiger partial charge in [-0.25, -0.2) is 0 Å². The molecule has 4 rings (SSSR count). The van der Waals surface area contributed by atoms with Crippen molar-refractivity contribution >= 4 is 5.97 Å². The van der Waals surface area contributed by atoms with E-state index in [0.29, 0.717) is 17.3 Å². The number of fused-ring (bicyclic) bond motifs is 5. The first-order chi connectivity index (χ1) is 12.2. The van der Waals surface area contributed by atoms with Crippen molar-refractivity contribution in [1.82, 2.24) is 0 Å². The van der Waals surface area contributed by atoms with Gasteiger partial charge in [-0.2, -0.15) is 0 Å². The lowest BCUT2D eigenvalue weighted by molar-refractivity contribution is -0.164. The third-order valence-corrected chi connectivity index (χ3v) is 9.50. The lowest BCUT2D eigenvalue weighted by Crippen LogP contribution is -2.56. The third-order valence-electron chi connectivity index (χ3n) is 9.50. The summed E-state index contributed by atoms with van der Waals surface area (Å²) in [6.07, 6.45) is 12.2. The van der Waals surface area contributed by atoms with E-state index >= 15 is 0 Å². The van der Waals surface area contributed by atoms with E-state index < -0.39 is 5.60 Å². The number of hydrogen-bond donors (Lipinski definition) is 1. The summed E-state index contributed by atoms with van der Waals surface area (Å²) in [6, 6.07) is 0. The van der Waals surface area contributed by atoms with E-state index in [1.165, 1.54) is 32.6 Å². The standard InChI is InChI=1S/C23H36O3/c1-5-23(25)13-10-20-18-7-6-16-14-17(26-15(2)24)8-11-21(16,3)19(18)9-12-22(20,23)4/h5,16-20,25H,1,6-14H2,2-4H3/t16-,17+,18-,19+,20+,21+,22+,23-/m1/s1. The molecule has 26 heavy (non-hydrogen) atoms. The van der Waals surface area contributed by atoms with Crippen LogP contribution in [0.2, 0.25) is 0 Å². The fourth-order valence-corrected chi connectivity index (χ4v) is 7.95. The second-order valence-electron chi connectivity index (χ2n) is 10.3. The molecule has 0 aromatic heterocycles. The van der Waals surface area contributed by atoms with E-state index in [1.807, 2.05) is 6.08 Å². The predicted octanol–water partition coefficient (Wildman–Crippen LogP) is 4.88. The Balaban J connectivity index is 1.56. The Kier molecular flexibility index (Phi) is 4.34. The number of carbonyl (C=O) groups is 1. The maximum absolute atomic E-state index is 11.4. The van der Waals surface area contributed by atoms with Gasteiger partial charge in [0.25, 0.3) is 0 Å². The van der Waals surface area contributed by atoms with Crippen molar-refractivity contribution in [2.45, 2.75) is 90.3 Å². The molecule has 0 amide bonds. The Bertz CT molecular complexity index is 600. The van der Waals surface area contributed by atoms with Crippen LogP contribution in [-0.4, -0.2) is 22.8 Å². The Labute approximate surface area is 158 Å². The van der Waals surface area contributed by atoms with E-state index in [0.717, 1.165) is 43.9 Å². The molecule has 146 valence electrons. The third kappa shape index (κ3) is 2.45. The van der Waals surface area contributed by atoms with Crippen molar-refractivity contribution < 1.29 is 14.6 Å². The number of rotatable bonds is 2. The highest BCUT2D eigenvalue weighted by Crippen LogP contribution is 2.68. The summed E-state index contributed by atoms with van der Waals surface area (Å²) < 4.78 is 5.57. The van der Waals surface area contributed by atoms with Crippen LogP contribution in [0.15, 0.2) is 12.7 Å². The molecule has 4 aliphatic rings. The molecule has 4 saturated carbocycles. The fraction of sp³-hybridized carbons (Fsp3) is 0.870. The molecule has 0 radical (unpaired) electrons. The Morgan fingerprint density at radius 2 is 1.81 bits per heavy atom. The molecule has 0 unspecified atom stereocenters. The van der Waals surface area contributed by atoms with E-state index in [9.17, 15) is 9.90 Å². The lowest BCUT2D eigenvalue weighted by Gasteiger charge is -2.61. The van der Waals surface area contributed by atoms with E-state index in [2.05, 4.69) is 20.4 Å². The van der Waals surface area contributed by atoms with E-state index in [4.69, 9.17) is 4.74 Å². The molecule has 1 N–H and O–H groups in total. The minimum absolute atomic E-state index is 0.00799. The minimum Gasteiger partial charge on any atom is -0.463 e. The molecule has 0 heterocycles. The summed E-state index contributed by atoms with van der Waals surface area (Å²) in [5.74, 6) is 2.70. The first kappa shape index (κ1) is 18.5. The molecule has 0 bridgehead atoms. The summed E-state index contributed by atoms with van der Waals surface area (Å²) in [5, 5.41) is 11.2. The topological polar surface area (TPSA) is 46.5 Å². The van der Waals surface area contributed by atoms with Crippen molar-refractivity contribution in [2.24, 2.45) is 34.5 Å². The highest BCUT2D eigenvalue weighted by Gasteiger charge is 2.63. The predicted molar refractivity (Wildman–Crippen MR) is 102 cm³/mol. The van der Waals surface area contributed by atoms with Gasteiger partial charge in [-0.3, -0.25) is 4.79 Å². The van der Waals surface area contributed by atoms with Gasteiger partial charge in [0.2, 0.25) is 0 Å². The summed E-state index contributed by atoms with van der Waals surface area (Å²) >= 11 is 0. The van der Waals surface area contributed by atoms with E-state index in [-0.39, 0.29) is 17.5 Å². The number of esters is 1. The number of aliphatic hydroxyl groups is 1. The zero-order valence-electron chi connectivity index (χ0n) is 16.8. The van der Waals surface area contributed by atoms with Crippen molar-refractivity contribution in [3.8, 4) is 0 Å². The molecule has 0 aliphatic heterocycles. The van der Waals surface area contributed by atoms with Gasteiger partial charge in [0.05, 0.1) is 5.60 Å². The summed E-state index contributed by atoms with van der Waals surface area (Å²) in [5.41, 5.74) is -0.281. The molecule has 0 aromatic rings. The molecule has 8 atom stereocenters. The molecular formula is C23H36O3. The van der Waals surface area contributed by atoms with Crippen molar-refractivity contribution in [3.05, 3.63) is 12.7 Å². The van der Waals surface area contributed by atoms with Crippen LogP contribution in [0.3, 0.4) is 0 Å². The largest absolute Gasteiger partial charge is 0.463 e. The van der Waals surface area contributed by atoms with Crippen LogP contribution in [0.4, 0.5) is 0 Å². The molecule has 0 spiro atoms. The first-order valence-corrected chi connectivity index (χ1v) is 10.8. The average molecular weight is 361 g/mol. The van der Waals surface area contributed by atoms with Gasteiger partial charge < -0.3 is 9.84 Å². The number of hydrogen-bond acceptors (Lipinski definition) is 3. The van der Waals surface area contributed by atoms with Crippen LogP contribution >= 0.6 is 0 Å². The minimum atomic E-state index is -0.673. The average Bonchev–Trinajstić information content (AvgIpc) is 2.87. The molecule has 4 aliphatic carbocycles. The summed E-state index contributed by atoms with van der Waals surface area (Å²) in [7, 11) is 0. The first-order valence-electron chi connectivity index (χ1n) is 10.8. The van der Waals surface area contributed by atoms with Gasteiger partial charge in [-0.05, 0) is 86.9 Å². The van der Waals surface area contributed by atoms with Crippen LogP contribution in [0.5, 0.6) is 0 Å². The van der Waals surface area contributed by atoms with Gasteiger partial charge in [-0.15, -0.1) is 6.58 Å².